The second-order valence-electron chi connectivity index (χ2n) is 3.44. The molecule has 1 aliphatic rings. The quantitative estimate of drug-likeness (QED) is 0.710. The molecule has 2 N–H and O–H groups in total. The van der Waals surface area contributed by atoms with Crippen LogP contribution in [-0.2, 0) is 9.63 Å². The van der Waals surface area contributed by atoms with Gasteiger partial charge in [-0.15, -0.1) is 0 Å². The van der Waals surface area contributed by atoms with Gasteiger partial charge in [0.25, 0.3) is 0 Å². The van der Waals surface area contributed by atoms with Gasteiger partial charge in [-0.05, 0) is 6.42 Å². The zero-order chi connectivity index (χ0) is 12.0. The third kappa shape index (κ3) is 4.28. The minimum atomic E-state index is -1.11. The van der Waals surface area contributed by atoms with Gasteiger partial charge in [-0.25, -0.2) is 15.1 Å². The predicted molar refractivity (Wildman–Crippen MR) is 60.2 cm³/mol. The molecule has 0 aromatic heterocycles. The van der Waals surface area contributed by atoms with E-state index >= 15 is 0 Å². The molecule has 1 rings (SSSR count). The molecule has 0 aromatic rings. The van der Waals surface area contributed by atoms with Gasteiger partial charge in [0.05, 0.1) is 0 Å². The summed E-state index contributed by atoms with van der Waals surface area (Å²) in [5.41, 5.74) is 2.13. The number of carbonyl (C=O) groups is 2. The number of aliphatic carboxylic acids is 1. The van der Waals surface area contributed by atoms with Gasteiger partial charge >= 0.3 is 12.0 Å². The number of rotatable bonds is 4. The molecule has 6 nitrogen and oxygen atoms in total. The fraction of sp³-hybridized carbons (Fsp3) is 0.778. The maximum absolute atomic E-state index is 11.5. The zero-order valence-corrected chi connectivity index (χ0v) is 9.96. The summed E-state index contributed by atoms with van der Waals surface area (Å²) in [6.07, 6.45) is 1.02. The van der Waals surface area contributed by atoms with Crippen LogP contribution in [0.2, 0.25) is 0 Å². The van der Waals surface area contributed by atoms with Crippen LogP contribution in [0.25, 0.3) is 0 Å². The maximum atomic E-state index is 11.5. The topological polar surface area (TPSA) is 78.9 Å². The lowest BCUT2D eigenvalue weighted by Gasteiger charge is -2.31. The highest BCUT2D eigenvalue weighted by molar-refractivity contribution is 8.00. The summed E-state index contributed by atoms with van der Waals surface area (Å²) in [7, 11) is 0. The number of amides is 2. The molecule has 2 amide bonds. The molecule has 1 atom stereocenters. The lowest BCUT2D eigenvalue weighted by atomic mass is 10.3. The van der Waals surface area contributed by atoms with E-state index in [2.05, 4.69) is 17.2 Å². The number of carboxylic acids is 1. The highest BCUT2D eigenvalue weighted by atomic mass is 32.2. The Hall–Kier alpha value is -0.950. The standard InChI is InChI=1S/C9H16N2O4S/c1-2-7-5-11(3-4-16-7)9(14)10-15-6-8(12)13/h7H,2-6H2,1H3,(H,10,14)(H,12,13). The normalized spacial score (nSPS) is 20.6. The second-order valence-corrected chi connectivity index (χ2v) is 4.84. The van der Waals surface area contributed by atoms with Crippen molar-refractivity contribution in [1.29, 1.82) is 0 Å². The molecule has 16 heavy (non-hydrogen) atoms. The molecule has 1 aliphatic heterocycles. The Morgan fingerprint density at radius 3 is 3.00 bits per heavy atom. The molecule has 0 aliphatic carbocycles. The Kier molecular flexibility index (Phi) is 5.41. The van der Waals surface area contributed by atoms with Crippen LogP contribution in [0.5, 0.6) is 0 Å². The SMILES string of the molecule is CCC1CN(C(=O)NOCC(=O)O)CCS1. The summed E-state index contributed by atoms with van der Waals surface area (Å²) < 4.78 is 0. The van der Waals surface area contributed by atoms with Crippen molar-refractivity contribution in [1.82, 2.24) is 10.4 Å². The molecule has 0 aromatic carbocycles. The average molecular weight is 248 g/mol. The van der Waals surface area contributed by atoms with E-state index in [1.807, 2.05) is 11.8 Å². The summed E-state index contributed by atoms with van der Waals surface area (Å²) >= 11 is 1.86. The van der Waals surface area contributed by atoms with E-state index in [4.69, 9.17) is 5.11 Å². The lowest BCUT2D eigenvalue weighted by molar-refractivity contribution is -0.144. The van der Waals surface area contributed by atoms with Crippen molar-refractivity contribution in [3.05, 3.63) is 0 Å². The van der Waals surface area contributed by atoms with Gasteiger partial charge in [0.1, 0.15) is 0 Å². The number of nitrogens with one attached hydrogen (secondary N) is 1. The molecule has 1 saturated heterocycles. The lowest BCUT2D eigenvalue weighted by Crippen LogP contribution is -2.47. The van der Waals surface area contributed by atoms with Gasteiger partial charge in [-0.3, -0.25) is 4.84 Å². The van der Waals surface area contributed by atoms with Crippen LogP contribution in [0.3, 0.4) is 0 Å². The zero-order valence-electron chi connectivity index (χ0n) is 9.14. The summed E-state index contributed by atoms with van der Waals surface area (Å²) in [4.78, 5) is 27.9. The van der Waals surface area contributed by atoms with Crippen LogP contribution in [0.1, 0.15) is 13.3 Å². The van der Waals surface area contributed by atoms with Gasteiger partial charge in [0, 0.05) is 24.1 Å². The Morgan fingerprint density at radius 1 is 1.62 bits per heavy atom. The monoisotopic (exact) mass is 248 g/mol. The smallest absolute Gasteiger partial charge is 0.341 e. The Bertz CT molecular complexity index is 262. The molecule has 1 heterocycles. The predicted octanol–water partition coefficient (Wildman–Crippen LogP) is 0.540. The average Bonchev–Trinajstić information content (AvgIpc) is 2.28. The minimum Gasteiger partial charge on any atom is -0.479 e. The third-order valence-electron chi connectivity index (χ3n) is 2.24. The summed E-state index contributed by atoms with van der Waals surface area (Å²) in [5.74, 6) is -0.203. The number of thioether (sulfide) groups is 1. The first-order valence-corrected chi connectivity index (χ1v) is 6.18. The van der Waals surface area contributed by atoms with Crippen LogP contribution in [-0.4, -0.2) is 52.7 Å². The van der Waals surface area contributed by atoms with E-state index in [0.717, 1.165) is 12.2 Å². The van der Waals surface area contributed by atoms with Gasteiger partial charge in [0.2, 0.25) is 0 Å². The molecular formula is C9H16N2O4S. The summed E-state index contributed by atoms with van der Waals surface area (Å²) in [5, 5.41) is 8.78. The van der Waals surface area contributed by atoms with Crippen molar-refractivity contribution in [2.45, 2.75) is 18.6 Å². The molecule has 1 fully saturated rings. The van der Waals surface area contributed by atoms with E-state index in [0.29, 0.717) is 18.3 Å². The van der Waals surface area contributed by atoms with Crippen molar-refractivity contribution in [3.63, 3.8) is 0 Å². The number of hydrogen-bond acceptors (Lipinski definition) is 4. The highest BCUT2D eigenvalue weighted by Crippen LogP contribution is 2.20. The number of carbonyl (C=O) groups excluding carboxylic acids is 1. The van der Waals surface area contributed by atoms with E-state index in [1.54, 1.807) is 4.90 Å². The van der Waals surface area contributed by atoms with Crippen molar-refractivity contribution in [3.8, 4) is 0 Å². The number of hydroxylamine groups is 1. The summed E-state index contributed by atoms with van der Waals surface area (Å²) in [6.45, 7) is 2.92. The molecule has 1 unspecified atom stereocenters. The van der Waals surface area contributed by atoms with Crippen molar-refractivity contribution < 1.29 is 19.5 Å². The highest BCUT2D eigenvalue weighted by Gasteiger charge is 2.22. The number of carboxylic acid groups (broad SMARTS) is 1. The Labute approximate surface area is 98.3 Å². The Balaban J connectivity index is 2.27. The summed E-state index contributed by atoms with van der Waals surface area (Å²) in [6, 6.07) is -0.361. The molecule has 0 saturated carbocycles. The van der Waals surface area contributed by atoms with Crippen LogP contribution < -0.4 is 5.48 Å². The molecule has 0 radical (unpaired) electrons. The van der Waals surface area contributed by atoms with Crippen molar-refractivity contribution >= 4 is 23.8 Å². The molecule has 92 valence electrons. The van der Waals surface area contributed by atoms with Crippen LogP contribution in [0, 0.1) is 0 Å². The fourth-order valence-electron chi connectivity index (χ4n) is 1.37. The van der Waals surface area contributed by atoms with Gasteiger partial charge in [-0.2, -0.15) is 11.8 Å². The Morgan fingerprint density at radius 2 is 2.38 bits per heavy atom. The first-order chi connectivity index (χ1) is 7.63. The van der Waals surface area contributed by atoms with E-state index < -0.39 is 12.6 Å². The van der Waals surface area contributed by atoms with E-state index in [1.165, 1.54) is 0 Å². The van der Waals surface area contributed by atoms with E-state index in [9.17, 15) is 9.59 Å². The van der Waals surface area contributed by atoms with Gasteiger partial charge in [0.15, 0.2) is 6.61 Å². The first kappa shape index (κ1) is 13.1. The van der Waals surface area contributed by atoms with Gasteiger partial charge < -0.3 is 10.0 Å². The van der Waals surface area contributed by atoms with Gasteiger partial charge in [-0.1, -0.05) is 6.92 Å². The third-order valence-corrected chi connectivity index (χ3v) is 3.61. The second kappa shape index (κ2) is 6.59. The van der Waals surface area contributed by atoms with E-state index in [-0.39, 0.29) is 6.03 Å². The first-order valence-electron chi connectivity index (χ1n) is 5.13. The number of urea groups is 1. The van der Waals surface area contributed by atoms with Crippen LogP contribution in [0.15, 0.2) is 0 Å². The molecule has 0 bridgehead atoms. The van der Waals surface area contributed by atoms with Crippen molar-refractivity contribution in [2.75, 3.05) is 25.4 Å². The maximum Gasteiger partial charge on any atom is 0.341 e. The molecule has 0 spiro atoms. The molecular weight excluding hydrogens is 232 g/mol. The van der Waals surface area contributed by atoms with Crippen molar-refractivity contribution in [2.24, 2.45) is 0 Å². The fourth-order valence-corrected chi connectivity index (χ4v) is 2.56. The molecule has 7 heteroatoms. The van der Waals surface area contributed by atoms with Crippen LogP contribution in [0.4, 0.5) is 4.79 Å². The largest absolute Gasteiger partial charge is 0.479 e. The minimum absolute atomic E-state index is 0.361. The number of hydrogen-bond donors (Lipinski definition) is 2. The number of nitrogens with zero attached hydrogens (tertiary/aromatic N) is 1. The van der Waals surface area contributed by atoms with Crippen LogP contribution >= 0.6 is 11.8 Å².